The molecule has 0 N–H and O–H groups in total. The fraction of sp³-hybridized carbons (Fsp3) is 0. The van der Waals surface area contributed by atoms with E-state index in [9.17, 15) is 0 Å². The van der Waals surface area contributed by atoms with Crippen LogP contribution in [0.4, 0.5) is 0 Å². The zero-order chi connectivity index (χ0) is 26.9. The van der Waals surface area contributed by atoms with Gasteiger partial charge in [-0.3, -0.25) is 8.80 Å². The Labute approximate surface area is 234 Å². The molecule has 5 nitrogen and oxygen atoms in total. The Bertz CT molecular complexity index is 2450. The van der Waals surface area contributed by atoms with Crippen molar-refractivity contribution in [3.63, 3.8) is 0 Å². The van der Waals surface area contributed by atoms with E-state index >= 15 is 0 Å². The molecular weight excluding hydrogens is 504 g/mol. The molecule has 0 radical (unpaired) electrons. The second-order valence-electron chi connectivity index (χ2n) is 10.3. The number of hydrogen-bond donors (Lipinski definition) is 0. The van der Waals surface area contributed by atoms with E-state index in [1.165, 1.54) is 21.9 Å². The van der Waals surface area contributed by atoms with Crippen LogP contribution in [0.3, 0.4) is 0 Å². The highest BCUT2D eigenvalue weighted by Crippen LogP contribution is 2.38. The minimum atomic E-state index is 0.764. The molecule has 0 atom stereocenters. The Morgan fingerprint density at radius 1 is 0.488 bits per heavy atom. The highest BCUT2D eigenvalue weighted by molar-refractivity contribution is 6.15. The molecule has 4 heterocycles. The van der Waals surface area contributed by atoms with Gasteiger partial charge in [-0.25, -0.2) is 9.97 Å². The van der Waals surface area contributed by atoms with Crippen molar-refractivity contribution in [2.75, 3.05) is 0 Å². The Balaban J connectivity index is 1.21. The monoisotopic (exact) mass is 526 g/mol. The largest absolute Gasteiger partial charge is 0.457 e. The lowest BCUT2D eigenvalue weighted by Crippen LogP contribution is -1.94. The van der Waals surface area contributed by atoms with Crippen molar-refractivity contribution in [2.24, 2.45) is 0 Å². The number of hydrogen-bond acceptors (Lipinski definition) is 3. The minimum Gasteiger partial charge on any atom is -0.457 e. The summed E-state index contributed by atoms with van der Waals surface area (Å²) in [6, 6.07) is 38.0. The van der Waals surface area contributed by atoms with Gasteiger partial charge in [0, 0.05) is 51.9 Å². The summed E-state index contributed by atoms with van der Waals surface area (Å²) in [7, 11) is 0. The molecule has 41 heavy (non-hydrogen) atoms. The van der Waals surface area contributed by atoms with Gasteiger partial charge in [-0.15, -0.1) is 0 Å². The van der Waals surface area contributed by atoms with Gasteiger partial charge in [-0.05, 0) is 58.8 Å². The molecule has 5 heteroatoms. The highest BCUT2D eigenvalue weighted by Gasteiger charge is 2.15. The van der Waals surface area contributed by atoms with Crippen molar-refractivity contribution >= 4 is 54.6 Å². The van der Waals surface area contributed by atoms with E-state index in [0.717, 1.165) is 55.4 Å². The van der Waals surface area contributed by atoms with Crippen molar-refractivity contribution in [3.05, 3.63) is 134 Å². The number of para-hydroxylation sites is 2. The van der Waals surface area contributed by atoms with Crippen LogP contribution in [-0.4, -0.2) is 18.8 Å². The van der Waals surface area contributed by atoms with Gasteiger partial charge in [0.1, 0.15) is 22.8 Å². The SMILES string of the molecule is c1ccc(-c2cccc3c4ccc(Oc5ccc6c7ccccc7n7ccnc7c6c5)cc4c4nccn4c23)cc1. The van der Waals surface area contributed by atoms with E-state index in [-0.39, 0.29) is 0 Å². The Morgan fingerprint density at radius 2 is 1.12 bits per heavy atom. The first-order valence-electron chi connectivity index (χ1n) is 13.7. The number of rotatable bonds is 3. The molecular formula is C36H22N4O. The molecule has 9 rings (SSSR count). The summed E-state index contributed by atoms with van der Waals surface area (Å²) in [5.74, 6) is 1.53. The molecule has 0 aliphatic carbocycles. The van der Waals surface area contributed by atoms with Gasteiger partial charge in [-0.2, -0.15) is 0 Å². The average molecular weight is 527 g/mol. The normalized spacial score (nSPS) is 11.9. The van der Waals surface area contributed by atoms with Crippen LogP contribution in [0.2, 0.25) is 0 Å². The summed E-state index contributed by atoms with van der Waals surface area (Å²) in [5.41, 5.74) is 6.48. The molecule has 5 aromatic carbocycles. The van der Waals surface area contributed by atoms with E-state index in [1.54, 1.807) is 0 Å². The maximum atomic E-state index is 6.49. The van der Waals surface area contributed by atoms with E-state index in [4.69, 9.17) is 9.72 Å². The van der Waals surface area contributed by atoms with Crippen LogP contribution in [0.1, 0.15) is 0 Å². The summed E-state index contributed by atoms with van der Waals surface area (Å²) >= 11 is 0. The molecule has 0 spiro atoms. The summed E-state index contributed by atoms with van der Waals surface area (Å²) in [5, 5.41) is 6.78. The molecule has 0 saturated heterocycles. The van der Waals surface area contributed by atoms with Crippen LogP contribution in [0, 0.1) is 0 Å². The van der Waals surface area contributed by atoms with Crippen LogP contribution in [0.15, 0.2) is 134 Å². The fourth-order valence-corrected chi connectivity index (χ4v) is 6.31. The van der Waals surface area contributed by atoms with Gasteiger partial charge in [-0.1, -0.05) is 66.7 Å². The standard InChI is InChI=1S/C36H22N4O/c1-2-7-23(8-3-1)26-10-6-11-30-28-16-14-25(22-32(28)36-38-18-20-40(36)34(26)30)41-24-13-15-27-29-9-4-5-12-33(29)39-19-17-37-35(39)31(27)21-24/h1-22H. The molecule has 192 valence electrons. The van der Waals surface area contributed by atoms with Crippen molar-refractivity contribution in [1.82, 2.24) is 18.8 Å². The molecule has 0 aliphatic rings. The van der Waals surface area contributed by atoms with Gasteiger partial charge in [0.2, 0.25) is 0 Å². The first kappa shape index (κ1) is 22.2. The molecule has 0 unspecified atom stereocenters. The number of pyridine rings is 2. The maximum absolute atomic E-state index is 6.49. The average Bonchev–Trinajstić information content (AvgIpc) is 3.73. The second-order valence-corrected chi connectivity index (χ2v) is 10.3. The lowest BCUT2D eigenvalue weighted by atomic mass is 9.98. The Kier molecular flexibility index (Phi) is 4.55. The smallest absolute Gasteiger partial charge is 0.145 e. The van der Waals surface area contributed by atoms with Crippen molar-refractivity contribution in [3.8, 4) is 22.6 Å². The molecule has 0 aliphatic heterocycles. The van der Waals surface area contributed by atoms with Crippen molar-refractivity contribution in [1.29, 1.82) is 0 Å². The van der Waals surface area contributed by atoms with Crippen LogP contribution < -0.4 is 4.74 Å². The van der Waals surface area contributed by atoms with Crippen LogP contribution >= 0.6 is 0 Å². The fourth-order valence-electron chi connectivity index (χ4n) is 6.31. The minimum absolute atomic E-state index is 0.764. The lowest BCUT2D eigenvalue weighted by Gasteiger charge is -2.14. The first-order chi connectivity index (χ1) is 20.3. The number of nitrogens with zero attached hydrogens (tertiary/aromatic N) is 4. The topological polar surface area (TPSA) is 43.8 Å². The summed E-state index contributed by atoms with van der Waals surface area (Å²) in [4.78, 5) is 9.44. The van der Waals surface area contributed by atoms with Crippen molar-refractivity contribution < 1.29 is 4.74 Å². The number of ether oxygens (including phenoxy) is 1. The van der Waals surface area contributed by atoms with E-state index in [0.29, 0.717) is 0 Å². The summed E-state index contributed by atoms with van der Waals surface area (Å²) < 4.78 is 10.8. The Morgan fingerprint density at radius 3 is 1.90 bits per heavy atom. The van der Waals surface area contributed by atoms with E-state index in [1.807, 2.05) is 43.0 Å². The molecule has 0 fully saturated rings. The second kappa shape index (κ2) is 8.41. The van der Waals surface area contributed by atoms with Gasteiger partial charge in [0.15, 0.2) is 0 Å². The third-order valence-electron chi connectivity index (χ3n) is 8.09. The highest BCUT2D eigenvalue weighted by atomic mass is 16.5. The third kappa shape index (κ3) is 3.23. The van der Waals surface area contributed by atoms with Crippen molar-refractivity contribution in [2.45, 2.75) is 0 Å². The number of fused-ring (bicyclic) bond motifs is 12. The summed E-state index contributed by atoms with van der Waals surface area (Å²) in [6.07, 6.45) is 7.77. The summed E-state index contributed by atoms with van der Waals surface area (Å²) in [6.45, 7) is 0. The predicted molar refractivity (Wildman–Crippen MR) is 166 cm³/mol. The van der Waals surface area contributed by atoms with Gasteiger partial charge >= 0.3 is 0 Å². The maximum Gasteiger partial charge on any atom is 0.145 e. The molecule has 0 saturated carbocycles. The first-order valence-corrected chi connectivity index (χ1v) is 13.7. The van der Waals surface area contributed by atoms with Crippen LogP contribution in [0.5, 0.6) is 11.5 Å². The predicted octanol–water partition coefficient (Wildman–Crippen LogP) is 9.05. The number of benzene rings is 5. The lowest BCUT2D eigenvalue weighted by molar-refractivity contribution is 0.484. The van der Waals surface area contributed by atoms with Crippen LogP contribution in [-0.2, 0) is 0 Å². The Hall–Kier alpha value is -5.68. The van der Waals surface area contributed by atoms with E-state index < -0.39 is 0 Å². The zero-order valence-electron chi connectivity index (χ0n) is 21.9. The quantitative estimate of drug-likeness (QED) is 0.216. The van der Waals surface area contributed by atoms with E-state index in [2.05, 4.69) is 105 Å². The van der Waals surface area contributed by atoms with Gasteiger partial charge < -0.3 is 4.74 Å². The molecule has 0 amide bonds. The zero-order valence-corrected chi connectivity index (χ0v) is 21.9. The number of aromatic nitrogens is 4. The molecule has 4 aromatic heterocycles. The van der Waals surface area contributed by atoms with Crippen LogP contribution in [0.25, 0.3) is 65.8 Å². The number of imidazole rings is 2. The molecule has 0 bridgehead atoms. The van der Waals surface area contributed by atoms with Gasteiger partial charge in [0.05, 0.1) is 11.0 Å². The molecule has 9 aromatic rings. The van der Waals surface area contributed by atoms with Gasteiger partial charge in [0.25, 0.3) is 0 Å². The third-order valence-corrected chi connectivity index (χ3v) is 8.09.